The van der Waals surface area contributed by atoms with Crippen molar-refractivity contribution in [2.45, 2.75) is 20.3 Å². The monoisotopic (exact) mass is 411 g/mol. The van der Waals surface area contributed by atoms with Crippen molar-refractivity contribution in [3.8, 4) is 11.5 Å². The van der Waals surface area contributed by atoms with Gasteiger partial charge in [0.15, 0.2) is 6.61 Å². The van der Waals surface area contributed by atoms with Gasteiger partial charge in [-0.1, -0.05) is 30.3 Å². The van der Waals surface area contributed by atoms with E-state index in [0.717, 1.165) is 5.56 Å². The number of hydrogen-bond acceptors (Lipinski definition) is 5. The van der Waals surface area contributed by atoms with Gasteiger partial charge in [-0.05, 0) is 37.6 Å². The van der Waals surface area contributed by atoms with E-state index < -0.39 is 17.7 Å². The molecule has 0 bridgehead atoms. The summed E-state index contributed by atoms with van der Waals surface area (Å²) in [5, 5.41) is 0. The summed E-state index contributed by atoms with van der Waals surface area (Å²) in [6.45, 7) is 4.19. The molecular weight excluding hydrogens is 386 g/mol. The number of nitrogens with zero attached hydrogens (tertiary/aromatic N) is 1. The largest absolute Gasteiger partial charge is 0.492 e. The molecule has 2 aromatic rings. The molecule has 1 fully saturated rings. The van der Waals surface area contributed by atoms with Crippen molar-refractivity contribution >= 4 is 23.4 Å². The maximum atomic E-state index is 12.5. The molecule has 0 unspecified atom stereocenters. The highest BCUT2D eigenvalue weighted by Crippen LogP contribution is 2.33. The number of aryl methyl sites for hydroxylation is 1. The molecule has 3 amide bonds. The fourth-order valence-corrected chi connectivity index (χ4v) is 3.20. The van der Waals surface area contributed by atoms with Crippen molar-refractivity contribution in [3.05, 3.63) is 54.1 Å². The molecule has 8 heteroatoms. The van der Waals surface area contributed by atoms with E-state index in [1.807, 2.05) is 44.2 Å². The van der Waals surface area contributed by atoms with Crippen LogP contribution in [-0.2, 0) is 14.4 Å². The van der Waals surface area contributed by atoms with Crippen LogP contribution in [0.15, 0.2) is 48.5 Å². The summed E-state index contributed by atoms with van der Waals surface area (Å²) in [6.07, 6.45) is 0.0574. The summed E-state index contributed by atoms with van der Waals surface area (Å²) >= 11 is 0. The average molecular weight is 411 g/mol. The fourth-order valence-electron chi connectivity index (χ4n) is 3.20. The normalized spacial score (nSPS) is 15.6. The van der Waals surface area contributed by atoms with Crippen LogP contribution in [0.5, 0.6) is 11.5 Å². The van der Waals surface area contributed by atoms with Gasteiger partial charge in [-0.2, -0.15) is 0 Å². The Kier molecular flexibility index (Phi) is 6.90. The van der Waals surface area contributed by atoms with E-state index >= 15 is 0 Å². The number of hydrazine groups is 1. The zero-order chi connectivity index (χ0) is 21.5. The number of anilines is 1. The molecule has 1 aliphatic rings. The van der Waals surface area contributed by atoms with E-state index in [2.05, 4.69) is 10.9 Å². The second-order valence-corrected chi connectivity index (χ2v) is 6.90. The molecule has 2 N–H and O–H groups in total. The maximum Gasteiger partial charge on any atom is 0.276 e. The maximum absolute atomic E-state index is 12.5. The third kappa shape index (κ3) is 5.08. The number of hydrogen-bond donors (Lipinski definition) is 2. The molecule has 2 aromatic carbocycles. The molecular formula is C22H25N3O5. The van der Waals surface area contributed by atoms with E-state index in [0.29, 0.717) is 23.8 Å². The molecule has 1 atom stereocenters. The van der Waals surface area contributed by atoms with Gasteiger partial charge in [-0.25, -0.2) is 0 Å². The predicted octanol–water partition coefficient (Wildman–Crippen LogP) is 1.97. The van der Waals surface area contributed by atoms with Gasteiger partial charge < -0.3 is 14.4 Å². The number of ether oxygens (including phenoxy) is 2. The first-order valence-corrected chi connectivity index (χ1v) is 9.79. The second kappa shape index (κ2) is 9.78. The number of amides is 3. The first kappa shape index (κ1) is 21.2. The predicted molar refractivity (Wildman–Crippen MR) is 111 cm³/mol. The third-order valence-corrected chi connectivity index (χ3v) is 4.73. The quantitative estimate of drug-likeness (QED) is 0.679. The van der Waals surface area contributed by atoms with Crippen molar-refractivity contribution in [2.24, 2.45) is 5.92 Å². The van der Waals surface area contributed by atoms with Crippen LogP contribution in [0.3, 0.4) is 0 Å². The smallest absolute Gasteiger partial charge is 0.276 e. The van der Waals surface area contributed by atoms with Gasteiger partial charge in [0.2, 0.25) is 11.8 Å². The van der Waals surface area contributed by atoms with Gasteiger partial charge in [0.25, 0.3) is 5.91 Å². The van der Waals surface area contributed by atoms with E-state index in [1.54, 1.807) is 23.1 Å². The highest BCUT2D eigenvalue weighted by Gasteiger charge is 2.36. The molecule has 1 heterocycles. The summed E-state index contributed by atoms with van der Waals surface area (Å²) in [5.41, 5.74) is 6.25. The lowest BCUT2D eigenvalue weighted by atomic mass is 10.1. The lowest BCUT2D eigenvalue weighted by molar-refractivity contribution is -0.132. The molecule has 8 nitrogen and oxygen atoms in total. The van der Waals surface area contributed by atoms with E-state index in [1.165, 1.54) is 0 Å². The van der Waals surface area contributed by atoms with Crippen LogP contribution in [-0.4, -0.2) is 37.5 Å². The number of carbonyl (C=O) groups excluding carboxylic acids is 3. The van der Waals surface area contributed by atoms with Crippen molar-refractivity contribution in [3.63, 3.8) is 0 Å². The number of rotatable bonds is 7. The first-order chi connectivity index (χ1) is 14.5. The Labute approximate surface area is 175 Å². The molecule has 30 heavy (non-hydrogen) atoms. The Morgan fingerprint density at radius 3 is 2.47 bits per heavy atom. The number of benzene rings is 2. The van der Waals surface area contributed by atoms with Crippen LogP contribution in [0.25, 0.3) is 0 Å². The fraction of sp³-hybridized carbons (Fsp3) is 0.318. The summed E-state index contributed by atoms with van der Waals surface area (Å²) in [4.78, 5) is 38.4. The highest BCUT2D eigenvalue weighted by atomic mass is 16.5. The minimum absolute atomic E-state index is 0.0574. The first-order valence-electron chi connectivity index (χ1n) is 9.79. The molecule has 0 saturated carbocycles. The van der Waals surface area contributed by atoms with E-state index in [9.17, 15) is 14.4 Å². The minimum atomic E-state index is -0.579. The SMILES string of the molecule is CCOc1ccccc1N1C[C@@H](C(=O)NNC(=O)COc2ccccc2C)CC1=O. The van der Waals surface area contributed by atoms with Crippen molar-refractivity contribution in [1.82, 2.24) is 10.9 Å². The Morgan fingerprint density at radius 1 is 1.03 bits per heavy atom. The topological polar surface area (TPSA) is 97.0 Å². The molecule has 0 aromatic heterocycles. The molecule has 1 aliphatic heterocycles. The van der Waals surface area contributed by atoms with Crippen molar-refractivity contribution in [1.29, 1.82) is 0 Å². The van der Waals surface area contributed by atoms with Crippen LogP contribution in [0.4, 0.5) is 5.69 Å². The highest BCUT2D eigenvalue weighted by molar-refractivity contribution is 6.01. The average Bonchev–Trinajstić information content (AvgIpc) is 3.13. The van der Waals surface area contributed by atoms with Crippen LogP contribution >= 0.6 is 0 Å². The molecule has 3 rings (SSSR count). The minimum Gasteiger partial charge on any atom is -0.492 e. The van der Waals surface area contributed by atoms with Gasteiger partial charge in [-0.3, -0.25) is 25.2 Å². The van der Waals surface area contributed by atoms with Gasteiger partial charge in [0, 0.05) is 13.0 Å². The van der Waals surface area contributed by atoms with Crippen LogP contribution in [0, 0.1) is 12.8 Å². The summed E-state index contributed by atoms with van der Waals surface area (Å²) in [6, 6.07) is 14.5. The van der Waals surface area contributed by atoms with Gasteiger partial charge in [0.1, 0.15) is 11.5 Å². The Bertz CT molecular complexity index is 930. The number of carbonyl (C=O) groups is 3. The van der Waals surface area contributed by atoms with Crippen molar-refractivity contribution in [2.75, 3.05) is 24.7 Å². The second-order valence-electron chi connectivity index (χ2n) is 6.90. The Hall–Kier alpha value is -3.55. The van der Waals surface area contributed by atoms with E-state index in [4.69, 9.17) is 9.47 Å². The molecule has 0 spiro atoms. The third-order valence-electron chi connectivity index (χ3n) is 4.73. The Balaban J connectivity index is 1.51. The summed E-state index contributed by atoms with van der Waals surface area (Å²) in [5.74, 6) is -0.472. The summed E-state index contributed by atoms with van der Waals surface area (Å²) in [7, 11) is 0. The summed E-state index contributed by atoms with van der Waals surface area (Å²) < 4.78 is 11.0. The van der Waals surface area contributed by atoms with Crippen LogP contribution in [0.1, 0.15) is 18.9 Å². The van der Waals surface area contributed by atoms with Crippen molar-refractivity contribution < 1.29 is 23.9 Å². The zero-order valence-corrected chi connectivity index (χ0v) is 17.0. The Morgan fingerprint density at radius 2 is 1.73 bits per heavy atom. The molecule has 158 valence electrons. The van der Waals surface area contributed by atoms with E-state index in [-0.39, 0.29) is 25.5 Å². The lowest BCUT2D eigenvalue weighted by Crippen LogP contribution is -2.46. The van der Waals surface area contributed by atoms with Crippen LogP contribution in [0.2, 0.25) is 0 Å². The lowest BCUT2D eigenvalue weighted by Gasteiger charge is -2.20. The van der Waals surface area contributed by atoms with Crippen LogP contribution < -0.4 is 25.2 Å². The molecule has 0 radical (unpaired) electrons. The molecule has 0 aliphatic carbocycles. The van der Waals surface area contributed by atoms with Gasteiger partial charge in [0.05, 0.1) is 18.2 Å². The van der Waals surface area contributed by atoms with Gasteiger partial charge in [-0.15, -0.1) is 0 Å². The van der Waals surface area contributed by atoms with Gasteiger partial charge >= 0.3 is 0 Å². The zero-order valence-electron chi connectivity index (χ0n) is 17.0. The molecule has 1 saturated heterocycles. The standard InChI is InChI=1S/C22H25N3O5/c1-3-29-19-11-7-5-9-17(19)25-13-16(12-21(25)27)22(28)24-23-20(26)14-30-18-10-6-4-8-15(18)2/h4-11,16H,3,12-14H2,1-2H3,(H,23,26)(H,24,28)/t16-/m0/s1. The number of nitrogens with one attached hydrogen (secondary N) is 2. The number of para-hydroxylation sites is 3.